The summed E-state index contributed by atoms with van der Waals surface area (Å²) in [5.74, 6) is 1.57. The second kappa shape index (κ2) is 5.19. The van der Waals surface area contributed by atoms with Crippen molar-refractivity contribution in [3.05, 3.63) is 29.7 Å². The highest BCUT2D eigenvalue weighted by Crippen LogP contribution is 2.17. The van der Waals surface area contributed by atoms with Gasteiger partial charge in [0.25, 0.3) is 0 Å². The summed E-state index contributed by atoms with van der Waals surface area (Å²) >= 11 is 0. The van der Waals surface area contributed by atoms with Gasteiger partial charge in [-0.25, -0.2) is 0 Å². The molecule has 0 bridgehead atoms. The Labute approximate surface area is 101 Å². The minimum atomic E-state index is 0.0204. The van der Waals surface area contributed by atoms with Crippen LogP contribution in [0.1, 0.15) is 24.4 Å². The van der Waals surface area contributed by atoms with Crippen LogP contribution in [0.4, 0.5) is 0 Å². The second-order valence-corrected chi connectivity index (χ2v) is 4.35. The second-order valence-electron chi connectivity index (χ2n) is 4.35. The Morgan fingerprint density at radius 3 is 3.12 bits per heavy atom. The molecule has 1 unspecified atom stereocenters. The molecule has 17 heavy (non-hydrogen) atoms. The van der Waals surface area contributed by atoms with Gasteiger partial charge in [-0.2, -0.15) is 0 Å². The van der Waals surface area contributed by atoms with Crippen molar-refractivity contribution in [3.8, 4) is 0 Å². The molecule has 0 aliphatic carbocycles. The van der Waals surface area contributed by atoms with E-state index < -0.39 is 0 Å². The molecule has 0 spiro atoms. The average molecular weight is 234 g/mol. The number of rotatable bonds is 3. The van der Waals surface area contributed by atoms with Gasteiger partial charge in [-0.05, 0) is 38.0 Å². The lowest BCUT2D eigenvalue weighted by Crippen LogP contribution is -2.38. The van der Waals surface area contributed by atoms with Crippen molar-refractivity contribution in [2.75, 3.05) is 13.1 Å². The van der Waals surface area contributed by atoms with Crippen molar-refractivity contribution >= 4 is 12.0 Å². The predicted molar refractivity (Wildman–Crippen MR) is 66.3 cm³/mol. The number of carbonyl (C=O) groups excluding carboxylic acids is 1. The molecule has 2 N–H and O–H groups in total. The highest BCUT2D eigenvalue weighted by Gasteiger charge is 2.25. The van der Waals surface area contributed by atoms with Gasteiger partial charge in [-0.15, -0.1) is 0 Å². The van der Waals surface area contributed by atoms with Crippen LogP contribution in [-0.2, 0) is 4.79 Å². The highest BCUT2D eigenvalue weighted by molar-refractivity contribution is 5.91. The molecule has 0 saturated carbocycles. The number of aryl methyl sites for hydroxylation is 1. The molecule has 1 atom stereocenters. The van der Waals surface area contributed by atoms with Crippen molar-refractivity contribution in [1.82, 2.24) is 4.90 Å². The van der Waals surface area contributed by atoms with E-state index in [1.165, 1.54) is 0 Å². The average Bonchev–Trinajstić information content (AvgIpc) is 2.94. The van der Waals surface area contributed by atoms with Gasteiger partial charge in [0.05, 0.1) is 0 Å². The summed E-state index contributed by atoms with van der Waals surface area (Å²) in [6.07, 6.45) is 5.32. The molecule has 0 aromatic carbocycles. The number of amides is 1. The van der Waals surface area contributed by atoms with Crippen molar-refractivity contribution in [3.63, 3.8) is 0 Å². The van der Waals surface area contributed by atoms with Crippen molar-refractivity contribution in [2.45, 2.75) is 25.8 Å². The molecule has 0 radical (unpaired) electrons. The Balaban J connectivity index is 1.99. The number of nitrogens with two attached hydrogens (primary N) is 1. The lowest BCUT2D eigenvalue weighted by atomic mass is 10.2. The Kier molecular flexibility index (Phi) is 3.64. The van der Waals surface area contributed by atoms with Gasteiger partial charge >= 0.3 is 0 Å². The zero-order valence-electron chi connectivity index (χ0n) is 10.1. The van der Waals surface area contributed by atoms with E-state index in [-0.39, 0.29) is 11.9 Å². The maximum atomic E-state index is 11.9. The van der Waals surface area contributed by atoms with Crippen LogP contribution < -0.4 is 5.73 Å². The molecule has 2 heterocycles. The van der Waals surface area contributed by atoms with Crippen LogP contribution in [0.2, 0.25) is 0 Å². The van der Waals surface area contributed by atoms with E-state index in [4.69, 9.17) is 10.2 Å². The first-order valence-corrected chi connectivity index (χ1v) is 5.96. The van der Waals surface area contributed by atoms with Crippen LogP contribution in [0.25, 0.3) is 6.08 Å². The van der Waals surface area contributed by atoms with Gasteiger partial charge in [0.15, 0.2) is 0 Å². The Morgan fingerprint density at radius 1 is 1.65 bits per heavy atom. The van der Waals surface area contributed by atoms with Gasteiger partial charge in [-0.3, -0.25) is 4.79 Å². The van der Waals surface area contributed by atoms with E-state index in [0.717, 1.165) is 25.1 Å². The fraction of sp³-hybridized carbons (Fsp3) is 0.462. The molecule has 1 aromatic rings. The number of carbonyl (C=O) groups is 1. The van der Waals surface area contributed by atoms with Crippen LogP contribution >= 0.6 is 0 Å². The topological polar surface area (TPSA) is 59.5 Å². The highest BCUT2D eigenvalue weighted by atomic mass is 16.3. The standard InChI is InChI=1S/C13H18N2O2/c1-10-4-5-12(17-10)6-7-13(16)15-8-2-3-11(15)9-14/h4-7,11H,2-3,8-9,14H2,1H3/b7-6+. The van der Waals surface area contributed by atoms with E-state index in [2.05, 4.69) is 0 Å². The fourth-order valence-electron chi connectivity index (χ4n) is 2.16. The summed E-state index contributed by atoms with van der Waals surface area (Å²) in [6, 6.07) is 3.93. The maximum absolute atomic E-state index is 11.9. The van der Waals surface area contributed by atoms with Crippen molar-refractivity contribution in [1.29, 1.82) is 0 Å². The lowest BCUT2D eigenvalue weighted by Gasteiger charge is -2.21. The van der Waals surface area contributed by atoms with Crippen molar-refractivity contribution in [2.24, 2.45) is 5.73 Å². The summed E-state index contributed by atoms with van der Waals surface area (Å²) in [6.45, 7) is 3.23. The number of hydrogen-bond donors (Lipinski definition) is 1. The van der Waals surface area contributed by atoms with Crippen LogP contribution in [0.3, 0.4) is 0 Å². The van der Waals surface area contributed by atoms with Gasteiger partial charge < -0.3 is 15.1 Å². The van der Waals surface area contributed by atoms with Crippen molar-refractivity contribution < 1.29 is 9.21 Å². The summed E-state index contributed by atoms with van der Waals surface area (Å²) in [5, 5.41) is 0. The molecule has 1 amide bonds. The zero-order valence-corrected chi connectivity index (χ0v) is 10.1. The normalized spacial score (nSPS) is 20.4. The Hall–Kier alpha value is -1.55. The van der Waals surface area contributed by atoms with E-state index in [9.17, 15) is 4.79 Å². The first-order valence-electron chi connectivity index (χ1n) is 5.96. The number of nitrogens with zero attached hydrogens (tertiary/aromatic N) is 1. The first-order chi connectivity index (χ1) is 8.20. The molecule has 1 aromatic heterocycles. The lowest BCUT2D eigenvalue weighted by molar-refractivity contribution is -0.126. The summed E-state index contributed by atoms with van der Waals surface area (Å²) in [7, 11) is 0. The van der Waals surface area contributed by atoms with Gasteiger partial charge in [0.1, 0.15) is 11.5 Å². The quantitative estimate of drug-likeness (QED) is 0.807. The van der Waals surface area contributed by atoms with Gasteiger partial charge in [-0.1, -0.05) is 0 Å². The van der Waals surface area contributed by atoms with E-state index in [1.807, 2.05) is 24.0 Å². The summed E-state index contributed by atoms with van der Waals surface area (Å²) in [4.78, 5) is 13.8. The summed E-state index contributed by atoms with van der Waals surface area (Å²) < 4.78 is 5.37. The maximum Gasteiger partial charge on any atom is 0.246 e. The minimum Gasteiger partial charge on any atom is -0.462 e. The van der Waals surface area contributed by atoms with E-state index in [1.54, 1.807) is 12.2 Å². The largest absolute Gasteiger partial charge is 0.462 e. The molecule has 1 fully saturated rings. The molecule has 4 nitrogen and oxygen atoms in total. The molecule has 92 valence electrons. The minimum absolute atomic E-state index is 0.0204. The number of hydrogen-bond acceptors (Lipinski definition) is 3. The van der Waals surface area contributed by atoms with Crippen LogP contribution in [0, 0.1) is 6.92 Å². The monoisotopic (exact) mass is 234 g/mol. The van der Waals surface area contributed by atoms with E-state index in [0.29, 0.717) is 12.3 Å². The SMILES string of the molecule is Cc1ccc(/C=C/C(=O)N2CCCC2CN)o1. The molecule has 1 aliphatic heterocycles. The zero-order chi connectivity index (χ0) is 12.3. The molecule has 4 heteroatoms. The first kappa shape index (κ1) is 11.9. The third-order valence-electron chi connectivity index (χ3n) is 3.08. The molecular formula is C13H18N2O2. The molecule has 1 aliphatic rings. The third kappa shape index (κ3) is 2.77. The van der Waals surface area contributed by atoms with Gasteiger partial charge in [0.2, 0.25) is 5.91 Å². The number of likely N-dealkylation sites (tertiary alicyclic amines) is 1. The fourth-order valence-corrected chi connectivity index (χ4v) is 2.16. The smallest absolute Gasteiger partial charge is 0.246 e. The van der Waals surface area contributed by atoms with E-state index >= 15 is 0 Å². The molecular weight excluding hydrogens is 216 g/mol. The molecule has 2 rings (SSSR count). The summed E-state index contributed by atoms with van der Waals surface area (Å²) in [5.41, 5.74) is 5.64. The Morgan fingerprint density at radius 2 is 2.47 bits per heavy atom. The van der Waals surface area contributed by atoms with Crippen LogP contribution in [-0.4, -0.2) is 29.9 Å². The predicted octanol–water partition coefficient (Wildman–Crippen LogP) is 1.55. The third-order valence-corrected chi connectivity index (χ3v) is 3.08. The van der Waals surface area contributed by atoms with Gasteiger partial charge in [0, 0.05) is 25.2 Å². The Bertz CT molecular complexity index is 423. The van der Waals surface area contributed by atoms with Crippen LogP contribution in [0.15, 0.2) is 22.6 Å². The number of furan rings is 1. The van der Waals surface area contributed by atoms with Crippen LogP contribution in [0.5, 0.6) is 0 Å². The molecule has 1 saturated heterocycles.